The molecule has 0 aliphatic carbocycles. The van der Waals surface area contributed by atoms with Crippen molar-refractivity contribution >= 4 is 0 Å². The van der Waals surface area contributed by atoms with Gasteiger partial charge in [0.15, 0.2) is 6.79 Å². The van der Waals surface area contributed by atoms with Gasteiger partial charge in [-0.05, 0) is 23.8 Å². The zero-order valence-electron chi connectivity index (χ0n) is 9.59. The molecule has 0 heterocycles. The molecule has 0 spiro atoms. The Kier molecular flexibility index (Phi) is 3.62. The van der Waals surface area contributed by atoms with Gasteiger partial charge >= 0.3 is 0 Å². The number of hydrogen-bond donors (Lipinski definition) is 1. The van der Waals surface area contributed by atoms with Crippen molar-refractivity contribution in [3.8, 4) is 22.6 Å². The van der Waals surface area contributed by atoms with Crippen LogP contribution in [0.4, 0.5) is 0 Å². The number of methoxy groups -OCH3 is 1. The van der Waals surface area contributed by atoms with Crippen molar-refractivity contribution < 1.29 is 14.6 Å². The molecular weight excluding hydrogens is 216 g/mol. The van der Waals surface area contributed by atoms with Crippen LogP contribution in [0.2, 0.25) is 0 Å². The first kappa shape index (κ1) is 11.5. The molecule has 2 aromatic rings. The fraction of sp³-hybridized carbons (Fsp3) is 0.143. The highest BCUT2D eigenvalue weighted by Gasteiger charge is 2.05. The second-order valence-electron chi connectivity index (χ2n) is 3.59. The van der Waals surface area contributed by atoms with E-state index in [1.807, 2.05) is 36.4 Å². The number of ether oxygens (including phenoxy) is 2. The molecule has 2 rings (SSSR count). The molecule has 0 bridgehead atoms. The molecule has 0 aromatic heterocycles. The highest BCUT2D eigenvalue weighted by atomic mass is 16.7. The van der Waals surface area contributed by atoms with E-state index in [0.717, 1.165) is 16.9 Å². The number of aromatic hydroxyl groups is 1. The summed E-state index contributed by atoms with van der Waals surface area (Å²) in [6.45, 7) is 0.217. The Morgan fingerprint density at radius 1 is 1.00 bits per heavy atom. The lowest BCUT2D eigenvalue weighted by Crippen LogP contribution is -1.99. The summed E-state index contributed by atoms with van der Waals surface area (Å²) in [6.07, 6.45) is 0. The normalized spacial score (nSPS) is 10.2. The Morgan fingerprint density at radius 3 is 2.41 bits per heavy atom. The summed E-state index contributed by atoms with van der Waals surface area (Å²) < 4.78 is 10.4. The average molecular weight is 230 g/mol. The van der Waals surface area contributed by atoms with Gasteiger partial charge in [0, 0.05) is 12.7 Å². The van der Waals surface area contributed by atoms with Gasteiger partial charge in [0.05, 0.1) is 0 Å². The van der Waals surface area contributed by atoms with Gasteiger partial charge in [0.25, 0.3) is 0 Å². The molecule has 3 nitrogen and oxygen atoms in total. The molecule has 88 valence electrons. The molecule has 0 amide bonds. The van der Waals surface area contributed by atoms with E-state index < -0.39 is 0 Å². The van der Waals surface area contributed by atoms with Gasteiger partial charge in [-0.25, -0.2) is 0 Å². The zero-order chi connectivity index (χ0) is 12.1. The maximum absolute atomic E-state index is 9.26. The molecule has 0 saturated heterocycles. The quantitative estimate of drug-likeness (QED) is 0.820. The maximum Gasteiger partial charge on any atom is 0.188 e. The highest BCUT2D eigenvalue weighted by molar-refractivity contribution is 5.70. The van der Waals surface area contributed by atoms with Crippen molar-refractivity contribution in [2.24, 2.45) is 0 Å². The van der Waals surface area contributed by atoms with Crippen molar-refractivity contribution in [1.82, 2.24) is 0 Å². The van der Waals surface area contributed by atoms with Crippen LogP contribution in [0.15, 0.2) is 48.5 Å². The minimum absolute atomic E-state index is 0.217. The number of phenols is 1. The van der Waals surface area contributed by atoms with Crippen LogP contribution >= 0.6 is 0 Å². The van der Waals surface area contributed by atoms with E-state index in [2.05, 4.69) is 0 Å². The highest BCUT2D eigenvalue weighted by Crippen LogP contribution is 2.30. The van der Waals surface area contributed by atoms with Crippen LogP contribution in [0.3, 0.4) is 0 Å². The Balaban J connectivity index is 2.33. The Morgan fingerprint density at radius 2 is 1.71 bits per heavy atom. The molecule has 0 unspecified atom stereocenters. The van der Waals surface area contributed by atoms with Gasteiger partial charge in [-0.1, -0.05) is 30.3 Å². The van der Waals surface area contributed by atoms with E-state index >= 15 is 0 Å². The molecule has 3 heteroatoms. The van der Waals surface area contributed by atoms with Crippen LogP contribution in [0.25, 0.3) is 11.1 Å². The summed E-state index contributed by atoms with van der Waals surface area (Å²) in [5.74, 6) is 1.02. The van der Waals surface area contributed by atoms with Gasteiger partial charge in [-0.15, -0.1) is 0 Å². The number of phenolic OH excluding ortho intramolecular Hbond substituents is 1. The van der Waals surface area contributed by atoms with Crippen LogP contribution in [0.5, 0.6) is 11.5 Å². The Bertz CT molecular complexity index is 477. The second kappa shape index (κ2) is 5.37. The number of benzene rings is 2. The standard InChI is InChI=1S/C14H14O3/c1-16-10-17-14-5-3-2-4-13(14)11-6-8-12(15)9-7-11/h2-9,15H,10H2,1H3. The van der Waals surface area contributed by atoms with Crippen LogP contribution in [-0.2, 0) is 4.74 Å². The van der Waals surface area contributed by atoms with E-state index in [0.29, 0.717) is 0 Å². The monoisotopic (exact) mass is 230 g/mol. The van der Waals surface area contributed by atoms with Gasteiger partial charge < -0.3 is 14.6 Å². The first-order valence-corrected chi connectivity index (χ1v) is 5.31. The third-order valence-electron chi connectivity index (χ3n) is 2.40. The topological polar surface area (TPSA) is 38.7 Å². The summed E-state index contributed by atoms with van der Waals surface area (Å²) in [6, 6.07) is 14.7. The average Bonchev–Trinajstić information content (AvgIpc) is 2.38. The van der Waals surface area contributed by atoms with Gasteiger partial charge in [-0.3, -0.25) is 0 Å². The maximum atomic E-state index is 9.26. The van der Waals surface area contributed by atoms with Crippen molar-refractivity contribution in [3.63, 3.8) is 0 Å². The number of para-hydroxylation sites is 1. The molecule has 0 saturated carbocycles. The molecule has 2 aromatic carbocycles. The molecule has 0 fully saturated rings. The molecular formula is C14H14O3. The smallest absolute Gasteiger partial charge is 0.188 e. The summed E-state index contributed by atoms with van der Waals surface area (Å²) in [5, 5.41) is 9.26. The molecule has 0 atom stereocenters. The first-order valence-electron chi connectivity index (χ1n) is 5.31. The van der Waals surface area contributed by atoms with E-state index in [1.54, 1.807) is 19.2 Å². The summed E-state index contributed by atoms with van der Waals surface area (Å²) in [5.41, 5.74) is 1.97. The summed E-state index contributed by atoms with van der Waals surface area (Å²) >= 11 is 0. The minimum Gasteiger partial charge on any atom is -0.508 e. The molecule has 17 heavy (non-hydrogen) atoms. The molecule has 0 aliphatic rings. The van der Waals surface area contributed by atoms with E-state index in [4.69, 9.17) is 9.47 Å². The van der Waals surface area contributed by atoms with Crippen molar-refractivity contribution in [2.45, 2.75) is 0 Å². The zero-order valence-corrected chi connectivity index (χ0v) is 9.59. The number of rotatable bonds is 4. The van der Waals surface area contributed by atoms with Gasteiger partial charge in [-0.2, -0.15) is 0 Å². The molecule has 1 N–H and O–H groups in total. The molecule has 0 radical (unpaired) electrons. The third-order valence-corrected chi connectivity index (χ3v) is 2.40. The van der Waals surface area contributed by atoms with Crippen molar-refractivity contribution in [2.75, 3.05) is 13.9 Å². The fourth-order valence-electron chi connectivity index (χ4n) is 1.59. The van der Waals surface area contributed by atoms with Crippen molar-refractivity contribution in [3.05, 3.63) is 48.5 Å². The van der Waals surface area contributed by atoms with Crippen molar-refractivity contribution in [1.29, 1.82) is 0 Å². The van der Waals surface area contributed by atoms with Gasteiger partial charge in [0.1, 0.15) is 11.5 Å². The SMILES string of the molecule is COCOc1ccccc1-c1ccc(O)cc1. The second-order valence-corrected chi connectivity index (χ2v) is 3.59. The van der Waals surface area contributed by atoms with Gasteiger partial charge in [0.2, 0.25) is 0 Å². The third kappa shape index (κ3) is 2.77. The van der Waals surface area contributed by atoms with Crippen LogP contribution in [-0.4, -0.2) is 19.0 Å². The van der Waals surface area contributed by atoms with Crippen LogP contribution < -0.4 is 4.74 Å². The predicted octanol–water partition coefficient (Wildman–Crippen LogP) is 3.04. The Hall–Kier alpha value is -2.00. The van der Waals surface area contributed by atoms with Crippen LogP contribution in [0.1, 0.15) is 0 Å². The largest absolute Gasteiger partial charge is 0.508 e. The lowest BCUT2D eigenvalue weighted by molar-refractivity contribution is 0.0515. The fourth-order valence-corrected chi connectivity index (χ4v) is 1.59. The van der Waals surface area contributed by atoms with E-state index in [9.17, 15) is 5.11 Å². The van der Waals surface area contributed by atoms with Crippen LogP contribution in [0, 0.1) is 0 Å². The van der Waals surface area contributed by atoms with E-state index in [1.165, 1.54) is 0 Å². The van der Waals surface area contributed by atoms with E-state index in [-0.39, 0.29) is 12.5 Å². The Labute approximate surface area is 100 Å². The summed E-state index contributed by atoms with van der Waals surface area (Å²) in [4.78, 5) is 0. The summed E-state index contributed by atoms with van der Waals surface area (Å²) in [7, 11) is 1.59. The lowest BCUT2D eigenvalue weighted by Gasteiger charge is -2.10. The predicted molar refractivity (Wildman–Crippen MR) is 66.0 cm³/mol. The number of hydrogen-bond acceptors (Lipinski definition) is 3. The lowest BCUT2D eigenvalue weighted by atomic mass is 10.0. The first-order chi connectivity index (χ1) is 8.31. The minimum atomic E-state index is 0.217. The molecule has 0 aliphatic heterocycles.